The molecule has 0 radical (unpaired) electrons. The van der Waals surface area contributed by atoms with E-state index in [1.54, 1.807) is 0 Å². The molecular formula is C22H25Cl2N3O3. The number of hydrogen-bond acceptors (Lipinski definition) is 5. The molecule has 0 bridgehead atoms. The number of methoxy groups -OCH3 is 1. The van der Waals surface area contributed by atoms with E-state index in [4.69, 9.17) is 27.9 Å². The van der Waals surface area contributed by atoms with Gasteiger partial charge in [-0.3, -0.25) is 9.69 Å². The zero-order chi connectivity index (χ0) is 21.8. The maximum absolute atomic E-state index is 12.6. The highest BCUT2D eigenvalue weighted by Gasteiger charge is 2.23. The fourth-order valence-corrected chi connectivity index (χ4v) is 4.12. The average Bonchev–Trinajstić information content (AvgIpc) is 2.72. The third-order valence-corrected chi connectivity index (χ3v) is 5.90. The van der Waals surface area contributed by atoms with Crippen LogP contribution >= 0.6 is 23.2 Å². The summed E-state index contributed by atoms with van der Waals surface area (Å²) in [5, 5.41) is 3.23. The van der Waals surface area contributed by atoms with E-state index in [0.717, 1.165) is 26.2 Å². The molecule has 1 heterocycles. The Morgan fingerprint density at radius 1 is 1.10 bits per heavy atom. The van der Waals surface area contributed by atoms with Crippen LogP contribution in [-0.2, 0) is 9.53 Å². The Bertz CT molecular complexity index is 957. The van der Waals surface area contributed by atoms with Crippen LogP contribution in [0.1, 0.15) is 21.5 Å². The summed E-state index contributed by atoms with van der Waals surface area (Å²) in [5.41, 5.74) is 4.15. The maximum atomic E-state index is 12.6. The molecule has 6 nitrogen and oxygen atoms in total. The topological polar surface area (TPSA) is 61.9 Å². The summed E-state index contributed by atoms with van der Waals surface area (Å²) >= 11 is 12.2. The Kier molecular flexibility index (Phi) is 7.23. The highest BCUT2D eigenvalue weighted by Crippen LogP contribution is 2.31. The number of nitrogens with one attached hydrogen (secondary N) is 1. The van der Waals surface area contributed by atoms with Crippen molar-refractivity contribution in [3.8, 4) is 0 Å². The molecule has 1 amide bonds. The highest BCUT2D eigenvalue weighted by atomic mass is 35.5. The van der Waals surface area contributed by atoms with Gasteiger partial charge in [0.05, 0.1) is 29.9 Å². The number of benzene rings is 2. The highest BCUT2D eigenvalue weighted by molar-refractivity contribution is 6.37. The second-order valence-corrected chi connectivity index (χ2v) is 8.18. The van der Waals surface area contributed by atoms with Crippen LogP contribution in [0.3, 0.4) is 0 Å². The average molecular weight is 450 g/mol. The van der Waals surface area contributed by atoms with Crippen molar-refractivity contribution < 1.29 is 14.3 Å². The Labute approximate surface area is 186 Å². The van der Waals surface area contributed by atoms with Gasteiger partial charge in [-0.15, -0.1) is 0 Å². The Morgan fingerprint density at radius 2 is 1.80 bits per heavy atom. The number of ether oxygens (including phenoxy) is 1. The number of esters is 1. The van der Waals surface area contributed by atoms with Gasteiger partial charge >= 0.3 is 5.97 Å². The zero-order valence-electron chi connectivity index (χ0n) is 17.3. The van der Waals surface area contributed by atoms with Crippen molar-refractivity contribution in [3.05, 3.63) is 57.1 Å². The smallest absolute Gasteiger partial charge is 0.340 e. The zero-order valence-corrected chi connectivity index (χ0v) is 18.8. The van der Waals surface area contributed by atoms with Crippen LogP contribution in [0.2, 0.25) is 10.0 Å². The number of amides is 1. The summed E-state index contributed by atoms with van der Waals surface area (Å²) in [6.45, 7) is 7.67. The fourth-order valence-electron chi connectivity index (χ4n) is 3.58. The predicted molar refractivity (Wildman–Crippen MR) is 121 cm³/mol. The van der Waals surface area contributed by atoms with Crippen molar-refractivity contribution in [2.75, 3.05) is 50.1 Å². The van der Waals surface area contributed by atoms with Crippen molar-refractivity contribution >= 4 is 46.5 Å². The van der Waals surface area contributed by atoms with Gasteiger partial charge in [-0.25, -0.2) is 4.79 Å². The molecule has 0 aliphatic carbocycles. The third kappa shape index (κ3) is 5.06. The second kappa shape index (κ2) is 9.69. The minimum atomic E-state index is -0.614. The van der Waals surface area contributed by atoms with Gasteiger partial charge in [-0.2, -0.15) is 0 Å². The number of halogens is 2. The molecule has 2 aromatic carbocycles. The molecule has 160 valence electrons. The minimum absolute atomic E-state index is 0.128. The number of carbonyl (C=O) groups is 2. The number of rotatable bonds is 5. The fraction of sp³-hybridized carbons (Fsp3) is 0.364. The van der Waals surface area contributed by atoms with Crippen LogP contribution < -0.4 is 10.2 Å². The predicted octanol–water partition coefficient (Wildman–Crippen LogP) is 4.16. The molecule has 2 aromatic rings. The third-order valence-electron chi connectivity index (χ3n) is 5.38. The molecule has 0 saturated carbocycles. The molecule has 3 rings (SSSR count). The first-order valence-corrected chi connectivity index (χ1v) is 10.5. The molecule has 0 unspecified atom stereocenters. The minimum Gasteiger partial charge on any atom is -0.465 e. The molecule has 0 atom stereocenters. The molecule has 0 aromatic heterocycles. The summed E-state index contributed by atoms with van der Waals surface area (Å²) in [6, 6.07) is 9.24. The lowest BCUT2D eigenvalue weighted by atomic mass is 10.1. The lowest BCUT2D eigenvalue weighted by Gasteiger charge is -2.36. The monoisotopic (exact) mass is 449 g/mol. The summed E-state index contributed by atoms with van der Waals surface area (Å²) in [4.78, 5) is 29.1. The van der Waals surface area contributed by atoms with Crippen LogP contribution in [-0.4, -0.2) is 56.6 Å². The van der Waals surface area contributed by atoms with Gasteiger partial charge in [0.2, 0.25) is 5.91 Å². The van der Waals surface area contributed by atoms with Crippen LogP contribution in [0.4, 0.5) is 11.4 Å². The number of hydrogen-bond donors (Lipinski definition) is 1. The van der Waals surface area contributed by atoms with E-state index in [9.17, 15) is 9.59 Å². The standard InChI is InChI=1S/C22H25Cl2N3O3/c1-14-5-4-6-19(15(14)2)27-9-7-26(8-10-27)13-20(28)25-21-17(22(29)30-3)11-16(23)12-18(21)24/h4-6,11-12H,7-10,13H2,1-3H3,(H,25,28). The normalized spacial score (nSPS) is 14.5. The summed E-state index contributed by atoms with van der Waals surface area (Å²) in [7, 11) is 1.26. The van der Waals surface area contributed by atoms with Crippen LogP contribution in [0, 0.1) is 13.8 Å². The van der Waals surface area contributed by atoms with E-state index in [1.165, 1.54) is 36.1 Å². The van der Waals surface area contributed by atoms with Crippen molar-refractivity contribution in [2.24, 2.45) is 0 Å². The van der Waals surface area contributed by atoms with E-state index in [2.05, 4.69) is 47.2 Å². The molecule has 30 heavy (non-hydrogen) atoms. The molecule has 1 aliphatic heterocycles. The van der Waals surface area contributed by atoms with Crippen molar-refractivity contribution in [1.29, 1.82) is 0 Å². The Morgan fingerprint density at radius 3 is 2.47 bits per heavy atom. The van der Waals surface area contributed by atoms with Crippen LogP contribution in [0.25, 0.3) is 0 Å². The van der Waals surface area contributed by atoms with Gasteiger partial charge in [0, 0.05) is 36.9 Å². The molecular weight excluding hydrogens is 425 g/mol. The Balaban J connectivity index is 1.62. The number of anilines is 2. The van der Waals surface area contributed by atoms with Crippen molar-refractivity contribution in [3.63, 3.8) is 0 Å². The second-order valence-electron chi connectivity index (χ2n) is 7.33. The van der Waals surface area contributed by atoms with Gasteiger partial charge in [-0.1, -0.05) is 35.3 Å². The number of piperazine rings is 1. The molecule has 8 heteroatoms. The van der Waals surface area contributed by atoms with Crippen LogP contribution in [0.15, 0.2) is 30.3 Å². The first kappa shape index (κ1) is 22.4. The van der Waals surface area contributed by atoms with Crippen molar-refractivity contribution in [1.82, 2.24) is 4.90 Å². The number of nitrogens with zero attached hydrogens (tertiary/aromatic N) is 2. The lowest BCUT2D eigenvalue weighted by molar-refractivity contribution is -0.117. The van der Waals surface area contributed by atoms with E-state index >= 15 is 0 Å². The van der Waals surface area contributed by atoms with Gasteiger partial charge < -0.3 is 15.0 Å². The van der Waals surface area contributed by atoms with E-state index < -0.39 is 5.97 Å². The van der Waals surface area contributed by atoms with E-state index in [-0.39, 0.29) is 28.7 Å². The number of aryl methyl sites for hydroxylation is 1. The summed E-state index contributed by atoms with van der Waals surface area (Å²) in [6.07, 6.45) is 0. The van der Waals surface area contributed by atoms with Gasteiger partial charge in [0.15, 0.2) is 0 Å². The SMILES string of the molecule is COC(=O)c1cc(Cl)cc(Cl)c1NC(=O)CN1CCN(c2cccc(C)c2C)CC1. The summed E-state index contributed by atoms with van der Waals surface area (Å²) in [5.74, 6) is -0.860. The number of carbonyl (C=O) groups excluding carboxylic acids is 2. The Hall–Kier alpha value is -2.28. The molecule has 0 spiro atoms. The molecule has 1 aliphatic rings. The lowest BCUT2D eigenvalue weighted by Crippen LogP contribution is -2.49. The first-order valence-electron chi connectivity index (χ1n) is 9.71. The van der Waals surface area contributed by atoms with Gasteiger partial charge in [0.1, 0.15) is 0 Å². The quantitative estimate of drug-likeness (QED) is 0.694. The van der Waals surface area contributed by atoms with Crippen molar-refractivity contribution in [2.45, 2.75) is 13.8 Å². The van der Waals surface area contributed by atoms with E-state index in [1.807, 2.05) is 0 Å². The largest absolute Gasteiger partial charge is 0.465 e. The van der Waals surface area contributed by atoms with E-state index in [0.29, 0.717) is 5.02 Å². The molecule has 1 fully saturated rings. The van der Waals surface area contributed by atoms with Gasteiger partial charge in [0.25, 0.3) is 0 Å². The maximum Gasteiger partial charge on any atom is 0.340 e. The molecule has 1 N–H and O–H groups in total. The molecule has 1 saturated heterocycles. The first-order chi connectivity index (χ1) is 14.3. The van der Waals surface area contributed by atoms with Gasteiger partial charge in [-0.05, 0) is 43.2 Å². The summed E-state index contributed by atoms with van der Waals surface area (Å²) < 4.78 is 4.77. The van der Waals surface area contributed by atoms with Crippen LogP contribution in [0.5, 0.6) is 0 Å².